The van der Waals surface area contributed by atoms with E-state index in [4.69, 9.17) is 4.74 Å². The van der Waals surface area contributed by atoms with Crippen molar-refractivity contribution in [2.45, 2.75) is 51.3 Å². The van der Waals surface area contributed by atoms with Gasteiger partial charge in [0.1, 0.15) is 5.60 Å². The normalized spacial score (nSPS) is 20.6. The molecule has 0 unspecified atom stereocenters. The number of nitrogens with zero attached hydrogens (tertiary/aromatic N) is 2. The van der Waals surface area contributed by atoms with Crippen LogP contribution in [0.3, 0.4) is 0 Å². The van der Waals surface area contributed by atoms with Gasteiger partial charge in [0.25, 0.3) is 0 Å². The van der Waals surface area contributed by atoms with Crippen molar-refractivity contribution in [1.82, 2.24) is 9.80 Å². The predicted octanol–water partition coefficient (Wildman–Crippen LogP) is 4.03. The molecule has 23 heavy (non-hydrogen) atoms. The first-order chi connectivity index (χ1) is 10.8. The number of hydrogen-bond donors (Lipinski definition) is 0. The second kappa shape index (κ2) is 6.10. The van der Waals surface area contributed by atoms with E-state index < -0.39 is 5.60 Å². The minimum atomic E-state index is -0.429. The molecule has 2 aliphatic rings. The molecule has 1 aliphatic heterocycles. The topological polar surface area (TPSA) is 32.8 Å². The molecule has 3 rings (SSSR count). The summed E-state index contributed by atoms with van der Waals surface area (Å²) in [6, 6.07) is 8.48. The smallest absolute Gasteiger partial charge is 0.410 e. The zero-order valence-corrected chi connectivity index (χ0v) is 15.7. The summed E-state index contributed by atoms with van der Waals surface area (Å²) in [5.74, 6) is 0. The summed E-state index contributed by atoms with van der Waals surface area (Å²) in [4.78, 5) is 16.9. The number of ether oxygens (including phenoxy) is 1. The van der Waals surface area contributed by atoms with Crippen LogP contribution in [-0.2, 0) is 11.3 Å². The third-order valence-corrected chi connectivity index (χ3v) is 5.02. The maximum atomic E-state index is 12.5. The highest BCUT2D eigenvalue weighted by Gasteiger charge is 2.54. The fourth-order valence-electron chi connectivity index (χ4n) is 3.22. The number of carbonyl (C=O) groups excluding carboxylic acids is 1. The Morgan fingerprint density at radius 2 is 1.87 bits per heavy atom. The number of rotatable bonds is 2. The van der Waals surface area contributed by atoms with Crippen molar-refractivity contribution in [3.8, 4) is 0 Å². The van der Waals surface area contributed by atoms with E-state index in [1.165, 1.54) is 5.56 Å². The van der Waals surface area contributed by atoms with Gasteiger partial charge in [-0.25, -0.2) is 4.79 Å². The van der Waals surface area contributed by atoms with Gasteiger partial charge in [0.05, 0.1) is 5.54 Å². The van der Waals surface area contributed by atoms with Crippen LogP contribution in [0.2, 0.25) is 0 Å². The summed E-state index contributed by atoms with van der Waals surface area (Å²) in [6.45, 7) is 9.32. The molecule has 0 aromatic heterocycles. The van der Waals surface area contributed by atoms with Gasteiger partial charge in [0.15, 0.2) is 0 Å². The predicted molar refractivity (Wildman–Crippen MR) is 94.3 cm³/mol. The van der Waals surface area contributed by atoms with Crippen LogP contribution < -0.4 is 0 Å². The SMILES string of the molecule is CC(C)(C)OC(=O)N1CCN(Cc2ccc(Br)cc2)CC12CC2. The van der Waals surface area contributed by atoms with Gasteiger partial charge < -0.3 is 4.74 Å². The van der Waals surface area contributed by atoms with E-state index >= 15 is 0 Å². The Balaban J connectivity index is 1.62. The van der Waals surface area contributed by atoms with E-state index in [1.807, 2.05) is 25.7 Å². The summed E-state index contributed by atoms with van der Waals surface area (Å²) >= 11 is 3.47. The molecular formula is C18H25BrN2O2. The monoisotopic (exact) mass is 380 g/mol. The van der Waals surface area contributed by atoms with E-state index in [-0.39, 0.29) is 11.6 Å². The molecule has 1 aliphatic carbocycles. The van der Waals surface area contributed by atoms with Crippen LogP contribution in [-0.4, -0.2) is 46.7 Å². The summed E-state index contributed by atoms with van der Waals surface area (Å²) in [5.41, 5.74) is 0.896. The minimum absolute atomic E-state index is 0.00987. The van der Waals surface area contributed by atoms with Gasteiger partial charge in [-0.1, -0.05) is 28.1 Å². The molecule has 0 bridgehead atoms. The van der Waals surface area contributed by atoms with E-state index in [0.717, 1.165) is 43.5 Å². The largest absolute Gasteiger partial charge is 0.444 e. The lowest BCUT2D eigenvalue weighted by atomic mass is 10.1. The first-order valence-electron chi connectivity index (χ1n) is 8.25. The molecule has 1 saturated heterocycles. The van der Waals surface area contributed by atoms with Crippen molar-refractivity contribution in [1.29, 1.82) is 0 Å². The standard InChI is InChI=1S/C18H25BrN2O2/c1-17(2,3)23-16(22)21-11-10-20(13-18(21)8-9-18)12-14-4-6-15(19)7-5-14/h4-7H,8-13H2,1-3H3. The molecule has 0 radical (unpaired) electrons. The molecule has 1 aromatic rings. The van der Waals surface area contributed by atoms with Crippen LogP contribution in [0.5, 0.6) is 0 Å². The summed E-state index contributed by atoms with van der Waals surface area (Å²) in [5, 5.41) is 0. The quantitative estimate of drug-likeness (QED) is 0.775. The number of benzene rings is 1. The van der Waals surface area contributed by atoms with Gasteiger partial charge in [-0.3, -0.25) is 9.80 Å². The Labute approximate surface area is 146 Å². The Bertz CT molecular complexity index is 576. The molecule has 5 heteroatoms. The third-order valence-electron chi connectivity index (χ3n) is 4.49. The van der Waals surface area contributed by atoms with Crippen LogP contribution >= 0.6 is 15.9 Å². The van der Waals surface area contributed by atoms with Gasteiger partial charge in [-0.05, 0) is 51.3 Å². The van der Waals surface area contributed by atoms with Crippen LogP contribution in [0.15, 0.2) is 28.7 Å². The van der Waals surface area contributed by atoms with Crippen molar-refractivity contribution >= 4 is 22.0 Å². The van der Waals surface area contributed by atoms with E-state index in [1.54, 1.807) is 0 Å². The summed E-state index contributed by atoms with van der Waals surface area (Å²) in [7, 11) is 0. The zero-order chi connectivity index (χ0) is 16.7. The van der Waals surface area contributed by atoms with Crippen LogP contribution in [0.25, 0.3) is 0 Å². The summed E-state index contributed by atoms with van der Waals surface area (Å²) in [6.07, 6.45) is 2.02. The Morgan fingerprint density at radius 1 is 1.22 bits per heavy atom. The molecule has 0 atom stereocenters. The number of halogens is 1. The van der Waals surface area contributed by atoms with Gasteiger partial charge >= 0.3 is 6.09 Å². The van der Waals surface area contributed by atoms with Crippen LogP contribution in [0.4, 0.5) is 4.79 Å². The maximum Gasteiger partial charge on any atom is 0.410 e. The molecule has 1 amide bonds. The molecule has 1 saturated carbocycles. The van der Waals surface area contributed by atoms with E-state index in [2.05, 4.69) is 45.1 Å². The number of hydrogen-bond acceptors (Lipinski definition) is 3. The van der Waals surface area contributed by atoms with Crippen molar-refractivity contribution < 1.29 is 9.53 Å². The lowest BCUT2D eigenvalue weighted by Gasteiger charge is -2.42. The summed E-state index contributed by atoms with van der Waals surface area (Å²) < 4.78 is 6.69. The van der Waals surface area contributed by atoms with Crippen molar-refractivity contribution in [3.05, 3.63) is 34.3 Å². The molecule has 1 heterocycles. The van der Waals surface area contributed by atoms with Crippen LogP contribution in [0, 0.1) is 0 Å². The van der Waals surface area contributed by atoms with Crippen molar-refractivity contribution in [2.24, 2.45) is 0 Å². The van der Waals surface area contributed by atoms with E-state index in [9.17, 15) is 4.79 Å². The van der Waals surface area contributed by atoms with Crippen LogP contribution in [0.1, 0.15) is 39.2 Å². The fourth-order valence-corrected chi connectivity index (χ4v) is 3.48. The fraction of sp³-hybridized carbons (Fsp3) is 0.611. The Morgan fingerprint density at radius 3 is 2.43 bits per heavy atom. The third kappa shape index (κ3) is 4.07. The maximum absolute atomic E-state index is 12.5. The lowest BCUT2D eigenvalue weighted by Crippen LogP contribution is -2.57. The highest BCUT2D eigenvalue weighted by Crippen LogP contribution is 2.45. The first kappa shape index (κ1) is 16.8. The molecule has 2 fully saturated rings. The molecule has 1 spiro atoms. The second-order valence-electron chi connectivity index (χ2n) is 7.69. The zero-order valence-electron chi connectivity index (χ0n) is 14.1. The van der Waals surface area contributed by atoms with Crippen molar-refractivity contribution in [3.63, 3.8) is 0 Å². The van der Waals surface area contributed by atoms with Gasteiger partial charge in [0.2, 0.25) is 0 Å². The molecular weight excluding hydrogens is 356 g/mol. The average Bonchev–Trinajstić information content (AvgIpc) is 3.19. The Kier molecular flexibility index (Phi) is 4.45. The first-order valence-corrected chi connectivity index (χ1v) is 9.04. The minimum Gasteiger partial charge on any atom is -0.444 e. The van der Waals surface area contributed by atoms with E-state index in [0.29, 0.717) is 0 Å². The lowest BCUT2D eigenvalue weighted by molar-refractivity contribution is -0.00808. The molecule has 4 nitrogen and oxygen atoms in total. The number of amides is 1. The molecule has 1 aromatic carbocycles. The van der Waals surface area contributed by atoms with Gasteiger partial charge in [-0.2, -0.15) is 0 Å². The highest BCUT2D eigenvalue weighted by atomic mass is 79.9. The Hall–Kier alpha value is -1.07. The number of piperazine rings is 1. The number of carbonyl (C=O) groups is 1. The molecule has 126 valence electrons. The van der Waals surface area contributed by atoms with Gasteiger partial charge in [0, 0.05) is 30.7 Å². The van der Waals surface area contributed by atoms with Gasteiger partial charge in [-0.15, -0.1) is 0 Å². The van der Waals surface area contributed by atoms with Crippen molar-refractivity contribution in [2.75, 3.05) is 19.6 Å². The highest BCUT2D eigenvalue weighted by molar-refractivity contribution is 9.10. The molecule has 0 N–H and O–H groups in total. The average molecular weight is 381 g/mol. The second-order valence-corrected chi connectivity index (χ2v) is 8.61.